The third kappa shape index (κ3) is 2.61. The van der Waals surface area contributed by atoms with Crippen molar-refractivity contribution >= 4 is 16.8 Å². The highest BCUT2D eigenvalue weighted by atomic mass is 32.2. The van der Waals surface area contributed by atoms with Crippen molar-refractivity contribution in [3.8, 4) is 0 Å². The zero-order valence-electron chi connectivity index (χ0n) is 9.24. The molecule has 0 unspecified atom stereocenters. The van der Waals surface area contributed by atoms with Crippen molar-refractivity contribution in [1.82, 2.24) is 0 Å². The Balaban J connectivity index is 2.93. The molecular weight excluding hydrogens is 190 g/mol. The van der Waals surface area contributed by atoms with E-state index < -0.39 is 0 Å². The number of thioether (sulfide) groups is 1. The average molecular weight is 207 g/mol. The van der Waals surface area contributed by atoms with Crippen molar-refractivity contribution in [2.75, 3.05) is 13.3 Å². The van der Waals surface area contributed by atoms with Gasteiger partial charge >= 0.3 is 0 Å². The van der Waals surface area contributed by atoms with Gasteiger partial charge in [0.2, 0.25) is 0 Å². The molecule has 1 rings (SSSR count). The molecule has 0 saturated heterocycles. The Morgan fingerprint density at radius 1 is 1.21 bits per heavy atom. The smallest absolute Gasteiger partial charge is 0.0970 e. The van der Waals surface area contributed by atoms with E-state index in [9.17, 15) is 0 Å². The molecule has 0 spiro atoms. The van der Waals surface area contributed by atoms with Crippen LogP contribution >= 0.6 is 11.8 Å². The van der Waals surface area contributed by atoms with Crippen LogP contribution in [0, 0.1) is 0 Å². The highest BCUT2D eigenvalue weighted by Gasteiger charge is 2.02. The zero-order valence-corrected chi connectivity index (χ0v) is 10.1. The molecule has 0 saturated carbocycles. The molecule has 0 aliphatic carbocycles. The topological polar surface area (TPSA) is 12.4 Å². The van der Waals surface area contributed by atoms with Crippen molar-refractivity contribution < 1.29 is 0 Å². The molecule has 0 amide bonds. The first-order valence-electron chi connectivity index (χ1n) is 4.80. The van der Waals surface area contributed by atoms with Crippen LogP contribution in [0.1, 0.15) is 30.9 Å². The highest BCUT2D eigenvalue weighted by Crippen LogP contribution is 2.17. The molecule has 0 aromatic heterocycles. The molecule has 0 heterocycles. The Morgan fingerprint density at radius 3 is 2.14 bits per heavy atom. The van der Waals surface area contributed by atoms with Crippen LogP contribution < -0.4 is 0 Å². The zero-order chi connectivity index (χ0) is 10.6. The lowest BCUT2D eigenvalue weighted by Gasteiger charge is -2.07. The van der Waals surface area contributed by atoms with Gasteiger partial charge in [-0.3, -0.25) is 4.99 Å². The minimum atomic E-state index is 0.598. The summed E-state index contributed by atoms with van der Waals surface area (Å²) < 4.78 is 0. The fourth-order valence-corrected chi connectivity index (χ4v) is 1.90. The predicted molar refractivity (Wildman–Crippen MR) is 66.5 cm³/mol. The van der Waals surface area contributed by atoms with Gasteiger partial charge < -0.3 is 0 Å². The van der Waals surface area contributed by atoms with Gasteiger partial charge in [-0.25, -0.2) is 0 Å². The van der Waals surface area contributed by atoms with E-state index in [1.54, 1.807) is 11.8 Å². The SMILES string of the molecule is CN=C(SC)c1ccc(C(C)C)cc1. The lowest BCUT2D eigenvalue weighted by Crippen LogP contribution is -1.95. The summed E-state index contributed by atoms with van der Waals surface area (Å²) in [5.41, 5.74) is 2.59. The second-order valence-corrected chi connectivity index (χ2v) is 4.30. The average Bonchev–Trinajstić information content (AvgIpc) is 2.20. The Hall–Kier alpha value is -0.760. The number of nitrogens with zero attached hydrogens (tertiary/aromatic N) is 1. The first-order chi connectivity index (χ1) is 6.69. The van der Waals surface area contributed by atoms with Gasteiger partial charge in [0.1, 0.15) is 0 Å². The molecule has 1 aromatic rings. The van der Waals surface area contributed by atoms with E-state index in [1.807, 2.05) is 7.05 Å². The van der Waals surface area contributed by atoms with E-state index in [-0.39, 0.29) is 0 Å². The summed E-state index contributed by atoms with van der Waals surface area (Å²) in [7, 11) is 1.84. The minimum Gasteiger partial charge on any atom is -0.281 e. The summed E-state index contributed by atoms with van der Waals surface area (Å²) in [6, 6.07) is 8.66. The fraction of sp³-hybridized carbons (Fsp3) is 0.417. The first kappa shape index (κ1) is 11.3. The van der Waals surface area contributed by atoms with Crippen LogP contribution in [0.5, 0.6) is 0 Å². The van der Waals surface area contributed by atoms with Gasteiger partial charge in [-0.05, 0) is 17.7 Å². The summed E-state index contributed by atoms with van der Waals surface area (Å²) in [6.45, 7) is 4.41. The van der Waals surface area contributed by atoms with E-state index in [0.717, 1.165) is 5.04 Å². The molecule has 0 atom stereocenters. The molecule has 14 heavy (non-hydrogen) atoms. The van der Waals surface area contributed by atoms with Crippen LogP contribution in [0.2, 0.25) is 0 Å². The van der Waals surface area contributed by atoms with Crippen LogP contribution in [0.15, 0.2) is 29.3 Å². The molecule has 0 bridgehead atoms. The number of hydrogen-bond acceptors (Lipinski definition) is 2. The molecule has 0 aliphatic heterocycles. The molecule has 1 nitrogen and oxygen atoms in total. The Bertz CT molecular complexity index is 312. The van der Waals surface area contributed by atoms with Crippen molar-refractivity contribution in [1.29, 1.82) is 0 Å². The number of hydrogen-bond donors (Lipinski definition) is 0. The van der Waals surface area contributed by atoms with Gasteiger partial charge in [-0.1, -0.05) is 38.1 Å². The lowest BCUT2D eigenvalue weighted by atomic mass is 10.0. The van der Waals surface area contributed by atoms with E-state index in [4.69, 9.17) is 0 Å². The van der Waals surface area contributed by atoms with Crippen LogP contribution in [-0.2, 0) is 0 Å². The number of aliphatic imine (C=N–C) groups is 1. The number of rotatable bonds is 2. The number of benzene rings is 1. The third-order valence-electron chi connectivity index (χ3n) is 2.22. The molecule has 0 fully saturated rings. The largest absolute Gasteiger partial charge is 0.281 e. The second-order valence-electron chi connectivity index (χ2n) is 3.51. The van der Waals surface area contributed by atoms with Crippen molar-refractivity contribution in [2.45, 2.75) is 19.8 Å². The fourth-order valence-electron chi connectivity index (χ4n) is 1.35. The van der Waals surface area contributed by atoms with Crippen molar-refractivity contribution in [3.05, 3.63) is 35.4 Å². The summed E-state index contributed by atoms with van der Waals surface area (Å²) in [5.74, 6) is 0.598. The molecule has 0 radical (unpaired) electrons. The standard InChI is InChI=1S/C12H17NS/c1-9(2)10-5-7-11(8-6-10)12(13-3)14-4/h5-9H,1-4H3. The van der Waals surface area contributed by atoms with Gasteiger partial charge in [-0.2, -0.15) is 0 Å². The third-order valence-corrected chi connectivity index (χ3v) is 3.03. The molecule has 0 aliphatic rings. The van der Waals surface area contributed by atoms with Gasteiger partial charge in [0.25, 0.3) is 0 Å². The van der Waals surface area contributed by atoms with Crippen LogP contribution in [0.4, 0.5) is 0 Å². The molecule has 1 aromatic carbocycles. The van der Waals surface area contributed by atoms with Crippen LogP contribution in [0.25, 0.3) is 0 Å². The lowest BCUT2D eigenvalue weighted by molar-refractivity contribution is 0.866. The Labute approximate surface area is 90.6 Å². The molecule has 0 N–H and O–H groups in total. The summed E-state index contributed by atoms with van der Waals surface area (Å²) in [4.78, 5) is 4.23. The monoisotopic (exact) mass is 207 g/mol. The van der Waals surface area contributed by atoms with Crippen molar-refractivity contribution in [3.63, 3.8) is 0 Å². The summed E-state index contributed by atoms with van der Waals surface area (Å²) in [6.07, 6.45) is 2.05. The molecule has 76 valence electrons. The van der Waals surface area contributed by atoms with E-state index in [1.165, 1.54) is 11.1 Å². The maximum Gasteiger partial charge on any atom is 0.0970 e. The minimum absolute atomic E-state index is 0.598. The Morgan fingerprint density at radius 2 is 1.79 bits per heavy atom. The van der Waals surface area contributed by atoms with Gasteiger partial charge in [0, 0.05) is 12.6 Å². The predicted octanol–water partition coefficient (Wildman–Crippen LogP) is 3.55. The van der Waals surface area contributed by atoms with E-state index in [0.29, 0.717) is 5.92 Å². The van der Waals surface area contributed by atoms with Gasteiger partial charge in [-0.15, -0.1) is 11.8 Å². The van der Waals surface area contributed by atoms with Gasteiger partial charge in [0.15, 0.2) is 0 Å². The summed E-state index contributed by atoms with van der Waals surface area (Å²) >= 11 is 1.69. The van der Waals surface area contributed by atoms with Crippen molar-refractivity contribution in [2.24, 2.45) is 4.99 Å². The normalized spacial score (nSPS) is 12.2. The first-order valence-corrected chi connectivity index (χ1v) is 6.02. The Kier molecular flexibility index (Phi) is 4.21. The molecular formula is C12H17NS. The molecule has 2 heteroatoms. The van der Waals surface area contributed by atoms with Gasteiger partial charge in [0.05, 0.1) is 5.04 Å². The maximum atomic E-state index is 4.23. The highest BCUT2D eigenvalue weighted by molar-refractivity contribution is 8.13. The summed E-state index contributed by atoms with van der Waals surface area (Å²) in [5, 5.41) is 1.10. The van der Waals surface area contributed by atoms with E-state index >= 15 is 0 Å². The second kappa shape index (κ2) is 5.20. The maximum absolute atomic E-state index is 4.23. The quantitative estimate of drug-likeness (QED) is 0.533. The van der Waals surface area contributed by atoms with Crippen LogP contribution in [-0.4, -0.2) is 18.3 Å². The van der Waals surface area contributed by atoms with Crippen LogP contribution in [0.3, 0.4) is 0 Å². The van der Waals surface area contributed by atoms with E-state index in [2.05, 4.69) is 49.4 Å².